The Kier molecular flexibility index (Phi) is 6.65. The van der Waals surface area contributed by atoms with Crippen molar-refractivity contribution in [2.24, 2.45) is 0 Å². The summed E-state index contributed by atoms with van der Waals surface area (Å²) in [5.74, 6) is -1.06. The van der Waals surface area contributed by atoms with Gasteiger partial charge in [0.25, 0.3) is 0 Å². The van der Waals surface area contributed by atoms with Crippen molar-refractivity contribution >= 4 is 11.9 Å². The molecule has 0 fully saturated rings. The molecule has 0 aliphatic carbocycles. The molecule has 3 N–H and O–H groups in total. The van der Waals surface area contributed by atoms with Crippen LogP contribution in [-0.2, 0) is 11.3 Å². The third-order valence-corrected chi connectivity index (χ3v) is 2.82. The van der Waals surface area contributed by atoms with Crippen molar-refractivity contribution < 1.29 is 14.7 Å². The van der Waals surface area contributed by atoms with E-state index >= 15 is 0 Å². The number of nitrogens with one attached hydrogen (secondary N) is 2. The molecule has 0 saturated heterocycles. The van der Waals surface area contributed by atoms with Gasteiger partial charge in [-0.05, 0) is 13.3 Å². The molecule has 1 aromatic rings. The summed E-state index contributed by atoms with van der Waals surface area (Å²) in [5, 5.41) is 21.9. The van der Waals surface area contributed by atoms with Crippen molar-refractivity contribution in [1.82, 2.24) is 25.6 Å². The second-order valence-corrected chi connectivity index (χ2v) is 4.55. The normalized spacial score (nSPS) is 12.1. The van der Waals surface area contributed by atoms with E-state index in [9.17, 15) is 9.59 Å². The lowest BCUT2D eigenvalue weighted by Gasteiger charge is -2.11. The van der Waals surface area contributed by atoms with E-state index in [-0.39, 0.29) is 17.6 Å². The van der Waals surface area contributed by atoms with Gasteiger partial charge >= 0.3 is 5.97 Å². The minimum absolute atomic E-state index is 0.0285. The first-order valence-electron chi connectivity index (χ1n) is 6.66. The number of aromatic nitrogens is 3. The lowest BCUT2D eigenvalue weighted by molar-refractivity contribution is -0.121. The summed E-state index contributed by atoms with van der Waals surface area (Å²) >= 11 is 0. The number of carboxylic acid groups (broad SMARTS) is 1. The van der Waals surface area contributed by atoms with Crippen molar-refractivity contribution in [3.8, 4) is 0 Å². The molecule has 0 spiro atoms. The highest BCUT2D eigenvalue weighted by Crippen LogP contribution is 1.92. The maximum atomic E-state index is 11.5. The van der Waals surface area contributed by atoms with E-state index in [1.54, 1.807) is 0 Å². The second kappa shape index (κ2) is 8.26. The van der Waals surface area contributed by atoms with Crippen molar-refractivity contribution in [3.63, 3.8) is 0 Å². The van der Waals surface area contributed by atoms with E-state index in [0.717, 1.165) is 6.42 Å². The molecule has 0 aliphatic heterocycles. The first kappa shape index (κ1) is 16.1. The molecule has 1 heterocycles. The predicted molar refractivity (Wildman–Crippen MR) is 72.4 cm³/mol. The standard InChI is InChI=1S/C12H21N5O3/c1-3-9(2)14-11(18)4-5-13-6-7-17-8-10(12(19)20)15-16-17/h8-9,13H,3-7H2,1-2H3,(H,14,18)(H,19,20). The Balaban J connectivity index is 2.12. The minimum atomic E-state index is -1.09. The van der Waals surface area contributed by atoms with Gasteiger partial charge in [0, 0.05) is 25.6 Å². The maximum absolute atomic E-state index is 11.5. The van der Waals surface area contributed by atoms with Crippen LogP contribution in [0.1, 0.15) is 37.2 Å². The quantitative estimate of drug-likeness (QED) is 0.545. The van der Waals surface area contributed by atoms with Gasteiger partial charge in [-0.2, -0.15) is 0 Å². The van der Waals surface area contributed by atoms with Crippen LogP contribution in [0.4, 0.5) is 0 Å². The summed E-state index contributed by atoms with van der Waals surface area (Å²) < 4.78 is 1.45. The van der Waals surface area contributed by atoms with Crippen LogP contribution in [0.25, 0.3) is 0 Å². The van der Waals surface area contributed by atoms with E-state index in [1.165, 1.54) is 10.9 Å². The van der Waals surface area contributed by atoms with E-state index in [2.05, 4.69) is 20.9 Å². The third-order valence-electron chi connectivity index (χ3n) is 2.82. The van der Waals surface area contributed by atoms with Crippen LogP contribution in [0.2, 0.25) is 0 Å². The summed E-state index contributed by atoms with van der Waals surface area (Å²) in [7, 11) is 0. The van der Waals surface area contributed by atoms with Crippen LogP contribution in [0.15, 0.2) is 6.20 Å². The Morgan fingerprint density at radius 3 is 2.80 bits per heavy atom. The third kappa shape index (κ3) is 5.79. The molecule has 1 aromatic heterocycles. The average Bonchev–Trinajstić information content (AvgIpc) is 2.87. The van der Waals surface area contributed by atoms with Crippen molar-refractivity contribution in [2.75, 3.05) is 13.1 Å². The Bertz CT molecular complexity index is 446. The highest BCUT2D eigenvalue weighted by Gasteiger charge is 2.08. The number of carbonyl (C=O) groups is 2. The van der Waals surface area contributed by atoms with Gasteiger partial charge in [0.1, 0.15) is 0 Å². The summed E-state index contributed by atoms with van der Waals surface area (Å²) in [6, 6.07) is 0.201. The number of aromatic carboxylic acids is 1. The Morgan fingerprint density at radius 2 is 2.20 bits per heavy atom. The number of rotatable bonds is 9. The highest BCUT2D eigenvalue weighted by molar-refractivity contribution is 5.84. The van der Waals surface area contributed by atoms with Crippen LogP contribution in [0.3, 0.4) is 0 Å². The Hall–Kier alpha value is -1.96. The van der Waals surface area contributed by atoms with E-state index in [0.29, 0.717) is 26.1 Å². The number of hydrogen-bond donors (Lipinski definition) is 3. The molecular formula is C12H21N5O3. The fourth-order valence-corrected chi connectivity index (χ4v) is 1.48. The van der Waals surface area contributed by atoms with Gasteiger partial charge in [0.2, 0.25) is 5.91 Å². The van der Waals surface area contributed by atoms with Crippen LogP contribution in [0.5, 0.6) is 0 Å². The Morgan fingerprint density at radius 1 is 1.45 bits per heavy atom. The van der Waals surface area contributed by atoms with Crippen molar-refractivity contribution in [1.29, 1.82) is 0 Å². The zero-order valence-corrected chi connectivity index (χ0v) is 11.8. The first-order valence-corrected chi connectivity index (χ1v) is 6.66. The summed E-state index contributed by atoms with van der Waals surface area (Å²) in [4.78, 5) is 22.1. The van der Waals surface area contributed by atoms with E-state index in [1.807, 2.05) is 13.8 Å². The topological polar surface area (TPSA) is 109 Å². The number of carbonyl (C=O) groups excluding carboxylic acids is 1. The SMILES string of the molecule is CCC(C)NC(=O)CCNCCn1cc(C(=O)O)nn1. The second-order valence-electron chi connectivity index (χ2n) is 4.55. The van der Waals surface area contributed by atoms with Crippen LogP contribution in [-0.4, -0.2) is 51.1 Å². The van der Waals surface area contributed by atoms with Gasteiger partial charge in [-0.25, -0.2) is 4.79 Å². The van der Waals surface area contributed by atoms with Gasteiger partial charge < -0.3 is 15.7 Å². The van der Waals surface area contributed by atoms with Gasteiger partial charge in [-0.3, -0.25) is 9.48 Å². The zero-order valence-electron chi connectivity index (χ0n) is 11.8. The molecule has 0 aliphatic rings. The molecular weight excluding hydrogens is 262 g/mol. The van der Waals surface area contributed by atoms with Crippen LogP contribution in [0, 0.1) is 0 Å². The van der Waals surface area contributed by atoms with Gasteiger partial charge in [-0.15, -0.1) is 5.10 Å². The van der Waals surface area contributed by atoms with Crippen LogP contribution < -0.4 is 10.6 Å². The maximum Gasteiger partial charge on any atom is 0.358 e. The molecule has 8 nitrogen and oxygen atoms in total. The number of nitrogens with zero attached hydrogens (tertiary/aromatic N) is 3. The fraction of sp³-hybridized carbons (Fsp3) is 0.667. The smallest absolute Gasteiger partial charge is 0.358 e. The zero-order chi connectivity index (χ0) is 15.0. The van der Waals surface area contributed by atoms with E-state index < -0.39 is 5.97 Å². The summed E-state index contributed by atoms with van der Waals surface area (Å²) in [6.45, 7) is 5.66. The molecule has 1 amide bonds. The molecule has 0 radical (unpaired) electrons. The number of hydrogen-bond acceptors (Lipinski definition) is 5. The number of carboxylic acids is 1. The average molecular weight is 283 g/mol. The molecule has 0 aromatic carbocycles. The molecule has 1 atom stereocenters. The van der Waals surface area contributed by atoms with Gasteiger partial charge in [0.05, 0.1) is 12.7 Å². The lowest BCUT2D eigenvalue weighted by atomic mass is 10.2. The summed E-state index contributed by atoms with van der Waals surface area (Å²) in [6.07, 6.45) is 2.71. The van der Waals surface area contributed by atoms with Crippen molar-refractivity contribution in [3.05, 3.63) is 11.9 Å². The molecule has 20 heavy (non-hydrogen) atoms. The van der Waals surface area contributed by atoms with Gasteiger partial charge in [0.15, 0.2) is 5.69 Å². The highest BCUT2D eigenvalue weighted by atomic mass is 16.4. The largest absolute Gasteiger partial charge is 0.476 e. The lowest BCUT2D eigenvalue weighted by Crippen LogP contribution is -2.34. The van der Waals surface area contributed by atoms with Crippen LogP contribution >= 0.6 is 0 Å². The molecule has 0 saturated carbocycles. The van der Waals surface area contributed by atoms with Gasteiger partial charge in [-0.1, -0.05) is 12.1 Å². The van der Waals surface area contributed by atoms with Crippen molar-refractivity contribution in [2.45, 2.75) is 39.3 Å². The molecule has 8 heteroatoms. The monoisotopic (exact) mass is 283 g/mol. The predicted octanol–water partition coefficient (Wildman–Crippen LogP) is -0.129. The first-order chi connectivity index (χ1) is 9.52. The molecule has 1 unspecified atom stereocenters. The Labute approximate surface area is 117 Å². The minimum Gasteiger partial charge on any atom is -0.476 e. The molecule has 112 valence electrons. The van der Waals surface area contributed by atoms with E-state index in [4.69, 9.17) is 5.11 Å². The summed E-state index contributed by atoms with van der Waals surface area (Å²) in [5.41, 5.74) is -0.0714. The number of amides is 1. The fourth-order valence-electron chi connectivity index (χ4n) is 1.48. The molecule has 0 bridgehead atoms. The molecule has 1 rings (SSSR count).